The van der Waals surface area contributed by atoms with E-state index in [1.807, 2.05) is 54.6 Å². The molecule has 186 valence electrons. The van der Waals surface area contributed by atoms with Crippen molar-refractivity contribution in [1.82, 2.24) is 0 Å². The summed E-state index contributed by atoms with van der Waals surface area (Å²) in [6.07, 6.45) is 1.01. The smallest absolute Gasteiger partial charge is 0.305 e. The molecule has 8 heteroatoms. The molecule has 0 radical (unpaired) electrons. The number of carbonyl (C=O) groups excluding carboxylic acids is 3. The maximum absolute atomic E-state index is 14.0. The van der Waals surface area contributed by atoms with Crippen LogP contribution in [0.1, 0.15) is 28.7 Å². The zero-order valence-corrected chi connectivity index (χ0v) is 20.7. The highest BCUT2D eigenvalue weighted by molar-refractivity contribution is 6.25. The molecular weight excluding hydrogens is 478 g/mol. The van der Waals surface area contributed by atoms with Crippen LogP contribution < -0.4 is 10.6 Å². The van der Waals surface area contributed by atoms with E-state index in [0.717, 1.165) is 11.1 Å². The summed E-state index contributed by atoms with van der Waals surface area (Å²) in [4.78, 5) is 40.6. The molecule has 1 atom stereocenters. The Kier molecular flexibility index (Phi) is 8.27. The first kappa shape index (κ1) is 26.6. The van der Waals surface area contributed by atoms with E-state index in [-0.39, 0.29) is 55.3 Å². The average Bonchev–Trinajstić information content (AvgIpc) is 3.13. The maximum Gasteiger partial charge on any atom is 0.305 e. The number of halogens is 1. The molecular formula is C28H28ClN3O4. The molecule has 3 N–H and O–H groups in total. The first-order valence-corrected chi connectivity index (χ1v) is 11.3. The molecule has 3 aromatic rings. The molecule has 4 rings (SSSR count). The zero-order chi connectivity index (χ0) is 25.0. The van der Waals surface area contributed by atoms with Crippen molar-refractivity contribution in [3.63, 3.8) is 0 Å². The van der Waals surface area contributed by atoms with E-state index < -0.39 is 5.41 Å². The van der Waals surface area contributed by atoms with E-state index in [2.05, 4.69) is 0 Å². The molecule has 36 heavy (non-hydrogen) atoms. The van der Waals surface area contributed by atoms with Crippen molar-refractivity contribution < 1.29 is 19.1 Å². The molecule has 1 saturated heterocycles. The Morgan fingerprint density at radius 3 is 2.19 bits per heavy atom. The lowest BCUT2D eigenvalue weighted by molar-refractivity contribution is -0.140. The number of nitrogens with two attached hydrogens (primary N) is 1. The number of Topliss-reactive ketones (excluding diaryl/α,β-unsaturated/α-hetero) is 1. The van der Waals surface area contributed by atoms with Crippen LogP contribution in [0.3, 0.4) is 0 Å². The number of nitrogens with one attached hydrogen (secondary N) is 1. The number of aryl methyl sites for hydroxylation is 1. The summed E-state index contributed by atoms with van der Waals surface area (Å²) in [5.41, 5.74) is 7.75. The van der Waals surface area contributed by atoms with Gasteiger partial charge in [-0.05, 0) is 53.8 Å². The van der Waals surface area contributed by atoms with Crippen molar-refractivity contribution in [2.45, 2.75) is 24.7 Å². The van der Waals surface area contributed by atoms with Crippen LogP contribution in [0.25, 0.3) is 0 Å². The molecule has 0 saturated carbocycles. The van der Waals surface area contributed by atoms with E-state index >= 15 is 0 Å². The van der Waals surface area contributed by atoms with Crippen LogP contribution >= 0.6 is 12.4 Å². The number of carbonyl (C=O) groups is 3. The van der Waals surface area contributed by atoms with Crippen LogP contribution in [0.5, 0.6) is 0 Å². The predicted octanol–water partition coefficient (Wildman–Crippen LogP) is 3.59. The summed E-state index contributed by atoms with van der Waals surface area (Å²) in [5, 5.41) is 7.59. The van der Waals surface area contributed by atoms with Gasteiger partial charge in [-0.1, -0.05) is 54.6 Å². The number of hydrogen-bond acceptors (Lipinski definition) is 5. The predicted molar refractivity (Wildman–Crippen MR) is 141 cm³/mol. The maximum atomic E-state index is 14.0. The molecule has 1 amide bonds. The second-order valence-electron chi connectivity index (χ2n) is 8.62. The standard InChI is InChI=1S/C28H27N3O4.ClH/c1-35-25(33)16-9-19-7-12-22(13-8-19)28(17-20-5-3-2-4-6-20)24(32)18-31(27(28)34)23-14-10-21(11-15-23)26(29)30;/h2-8,10-15H,9,16-18H2,1H3,(H3,29,30);1H. The summed E-state index contributed by atoms with van der Waals surface area (Å²) in [6, 6.07) is 23.6. The lowest BCUT2D eigenvalue weighted by Crippen LogP contribution is -2.43. The number of methoxy groups -OCH3 is 1. The molecule has 0 aliphatic carbocycles. The second kappa shape index (κ2) is 11.2. The minimum absolute atomic E-state index is 0. The normalized spacial score (nSPS) is 17.0. The van der Waals surface area contributed by atoms with E-state index in [9.17, 15) is 14.4 Å². The summed E-state index contributed by atoms with van der Waals surface area (Å²) in [5.74, 6) is -0.818. The third kappa shape index (κ3) is 5.16. The largest absolute Gasteiger partial charge is 0.469 e. The van der Waals surface area contributed by atoms with Gasteiger partial charge >= 0.3 is 5.97 Å². The fraction of sp³-hybridized carbons (Fsp3) is 0.214. The number of nitrogen functional groups attached to an aromatic ring is 1. The van der Waals surface area contributed by atoms with Gasteiger partial charge in [-0.2, -0.15) is 0 Å². The number of amides is 1. The lowest BCUT2D eigenvalue weighted by atomic mass is 9.73. The number of nitrogens with zero attached hydrogens (tertiary/aromatic N) is 1. The Bertz CT molecular complexity index is 1260. The summed E-state index contributed by atoms with van der Waals surface area (Å²) in [6.45, 7) is -0.0465. The highest BCUT2D eigenvalue weighted by Gasteiger charge is 2.55. The van der Waals surface area contributed by atoms with Crippen molar-refractivity contribution in [1.29, 1.82) is 5.41 Å². The van der Waals surface area contributed by atoms with Gasteiger partial charge in [-0.15, -0.1) is 12.4 Å². The number of amidine groups is 1. The minimum Gasteiger partial charge on any atom is -0.469 e. The summed E-state index contributed by atoms with van der Waals surface area (Å²) in [7, 11) is 1.36. The van der Waals surface area contributed by atoms with Gasteiger partial charge in [0.05, 0.1) is 13.7 Å². The van der Waals surface area contributed by atoms with Crippen molar-refractivity contribution in [3.05, 3.63) is 101 Å². The van der Waals surface area contributed by atoms with Gasteiger partial charge in [0.15, 0.2) is 5.78 Å². The van der Waals surface area contributed by atoms with Gasteiger partial charge < -0.3 is 15.4 Å². The van der Waals surface area contributed by atoms with E-state index in [1.165, 1.54) is 12.0 Å². The van der Waals surface area contributed by atoms with Crippen LogP contribution in [0.2, 0.25) is 0 Å². The van der Waals surface area contributed by atoms with Crippen LogP contribution in [0.15, 0.2) is 78.9 Å². The third-order valence-electron chi connectivity index (χ3n) is 6.48. The zero-order valence-electron chi connectivity index (χ0n) is 19.9. The Labute approximate surface area is 216 Å². The molecule has 1 unspecified atom stereocenters. The molecule has 7 nitrogen and oxygen atoms in total. The number of esters is 1. The second-order valence-corrected chi connectivity index (χ2v) is 8.62. The van der Waals surface area contributed by atoms with Crippen molar-refractivity contribution in [2.24, 2.45) is 5.73 Å². The lowest BCUT2D eigenvalue weighted by Gasteiger charge is -2.27. The molecule has 0 spiro atoms. The van der Waals surface area contributed by atoms with Crippen molar-refractivity contribution in [2.75, 3.05) is 18.6 Å². The first-order valence-electron chi connectivity index (χ1n) is 11.3. The fourth-order valence-corrected chi connectivity index (χ4v) is 4.50. The van der Waals surface area contributed by atoms with Crippen molar-refractivity contribution >= 4 is 41.6 Å². The fourth-order valence-electron chi connectivity index (χ4n) is 4.50. The Hall–Kier alpha value is -3.97. The molecule has 3 aromatic carbocycles. The van der Waals surface area contributed by atoms with Gasteiger partial charge in [0.2, 0.25) is 5.91 Å². The molecule has 0 bridgehead atoms. The minimum atomic E-state index is -1.36. The van der Waals surface area contributed by atoms with Crippen LogP contribution in [-0.4, -0.2) is 37.1 Å². The summed E-state index contributed by atoms with van der Waals surface area (Å²) >= 11 is 0. The molecule has 1 heterocycles. The van der Waals surface area contributed by atoms with Gasteiger partial charge in [0.25, 0.3) is 0 Å². The van der Waals surface area contributed by atoms with Gasteiger partial charge in [-0.25, -0.2) is 0 Å². The topological polar surface area (TPSA) is 114 Å². The number of ether oxygens (including phenoxy) is 1. The quantitative estimate of drug-likeness (QED) is 0.210. The number of benzene rings is 3. The van der Waals surface area contributed by atoms with Crippen molar-refractivity contribution in [3.8, 4) is 0 Å². The molecule has 1 fully saturated rings. The van der Waals surface area contributed by atoms with Crippen LogP contribution in [-0.2, 0) is 37.4 Å². The van der Waals surface area contributed by atoms with E-state index in [4.69, 9.17) is 15.9 Å². The molecule has 0 aromatic heterocycles. The number of ketones is 1. The SMILES string of the molecule is COC(=O)CCc1ccc(C2(Cc3ccccc3)C(=O)CN(c3ccc(C(=N)N)cc3)C2=O)cc1.Cl. The van der Waals surface area contributed by atoms with E-state index in [0.29, 0.717) is 23.2 Å². The third-order valence-corrected chi connectivity index (χ3v) is 6.48. The Balaban J connectivity index is 0.00000361. The summed E-state index contributed by atoms with van der Waals surface area (Å²) < 4.78 is 4.71. The molecule has 1 aliphatic rings. The Morgan fingerprint density at radius 1 is 0.972 bits per heavy atom. The highest BCUT2D eigenvalue weighted by Crippen LogP contribution is 2.39. The van der Waals surface area contributed by atoms with Crippen LogP contribution in [0, 0.1) is 5.41 Å². The monoisotopic (exact) mass is 505 g/mol. The number of rotatable bonds is 8. The van der Waals surface area contributed by atoms with Gasteiger partial charge in [0, 0.05) is 17.7 Å². The number of anilines is 1. The first-order chi connectivity index (χ1) is 16.8. The molecule has 1 aliphatic heterocycles. The highest BCUT2D eigenvalue weighted by atomic mass is 35.5. The van der Waals surface area contributed by atoms with Crippen LogP contribution in [0.4, 0.5) is 5.69 Å². The average molecular weight is 506 g/mol. The number of hydrogen-bond donors (Lipinski definition) is 2. The Morgan fingerprint density at radius 2 is 1.61 bits per heavy atom. The van der Waals surface area contributed by atoms with Gasteiger partial charge in [-0.3, -0.25) is 19.8 Å². The van der Waals surface area contributed by atoms with E-state index in [1.54, 1.807) is 24.3 Å². The van der Waals surface area contributed by atoms with Gasteiger partial charge in [0.1, 0.15) is 11.3 Å².